The summed E-state index contributed by atoms with van der Waals surface area (Å²) in [5, 5.41) is 3.10. The van der Waals surface area contributed by atoms with Crippen LogP contribution in [0.1, 0.15) is 49.6 Å². The molecule has 1 fully saturated rings. The number of carbonyl (C=O) groups excluding carboxylic acids is 1. The number of hydrogen-bond donors (Lipinski definition) is 1. The lowest BCUT2D eigenvalue weighted by Crippen LogP contribution is -2.41. The van der Waals surface area contributed by atoms with Crippen LogP contribution in [-0.4, -0.2) is 77.7 Å². The molecule has 1 saturated heterocycles. The second-order valence-corrected chi connectivity index (χ2v) is 10.2. The normalized spacial score (nSPS) is 16.9. The highest BCUT2D eigenvalue weighted by atomic mass is 16.7. The van der Waals surface area contributed by atoms with Crippen molar-refractivity contribution < 1.29 is 33.1 Å². The number of nitrogens with one attached hydrogen (secondary N) is 1. The zero-order chi connectivity index (χ0) is 27.4. The van der Waals surface area contributed by atoms with E-state index in [-0.39, 0.29) is 5.91 Å². The first-order valence-electron chi connectivity index (χ1n) is 12.3. The van der Waals surface area contributed by atoms with Crippen LogP contribution in [0.3, 0.4) is 0 Å². The van der Waals surface area contributed by atoms with Gasteiger partial charge in [-0.1, -0.05) is 12.1 Å². The molecule has 0 spiro atoms. The average Bonchev–Trinajstić information content (AvgIpc) is 3.07. The molecular formula is C27H39BN2O7. The molecule has 1 atom stereocenters. The van der Waals surface area contributed by atoms with Crippen molar-refractivity contribution in [2.75, 3.05) is 48.6 Å². The lowest BCUT2D eigenvalue weighted by molar-refractivity contribution is 0.00578. The highest BCUT2D eigenvalue weighted by Gasteiger charge is 2.54. The van der Waals surface area contributed by atoms with E-state index in [2.05, 4.69) is 10.2 Å². The van der Waals surface area contributed by atoms with Crippen molar-refractivity contribution in [3.63, 3.8) is 0 Å². The molecule has 202 valence electrons. The number of methoxy groups -OCH3 is 3. The van der Waals surface area contributed by atoms with Crippen LogP contribution >= 0.6 is 0 Å². The molecule has 0 saturated carbocycles. The van der Waals surface area contributed by atoms with E-state index in [1.54, 1.807) is 12.1 Å². The zero-order valence-electron chi connectivity index (χ0n) is 23.3. The molecule has 2 aromatic carbocycles. The molecule has 37 heavy (non-hydrogen) atoms. The number of rotatable bonds is 11. The molecule has 1 N–H and O–H groups in total. The summed E-state index contributed by atoms with van der Waals surface area (Å²) in [6.45, 7) is 9.30. The van der Waals surface area contributed by atoms with Gasteiger partial charge in [0.1, 0.15) is 12.4 Å². The van der Waals surface area contributed by atoms with Crippen molar-refractivity contribution >= 4 is 13.0 Å². The number of carbonyl (C=O) groups is 1. The topological polar surface area (TPSA) is 87.7 Å². The predicted octanol–water partition coefficient (Wildman–Crippen LogP) is 3.76. The molecule has 3 rings (SSSR count). The van der Waals surface area contributed by atoms with Gasteiger partial charge < -0.3 is 38.5 Å². The molecule has 0 radical (unpaired) electrons. The van der Waals surface area contributed by atoms with Gasteiger partial charge in [-0.05, 0) is 71.6 Å². The predicted molar refractivity (Wildman–Crippen MR) is 143 cm³/mol. The van der Waals surface area contributed by atoms with Gasteiger partial charge in [-0.15, -0.1) is 0 Å². The van der Waals surface area contributed by atoms with E-state index in [0.29, 0.717) is 29.4 Å². The number of benzene rings is 2. The fraction of sp³-hybridized carbons (Fsp3) is 0.519. The molecule has 1 aliphatic heterocycles. The van der Waals surface area contributed by atoms with Gasteiger partial charge in [-0.25, -0.2) is 0 Å². The summed E-state index contributed by atoms with van der Waals surface area (Å²) in [4.78, 5) is 15.6. The summed E-state index contributed by atoms with van der Waals surface area (Å²) >= 11 is 0. The van der Waals surface area contributed by atoms with Gasteiger partial charge in [0.05, 0.1) is 38.5 Å². The Kier molecular flexibility index (Phi) is 8.99. The zero-order valence-corrected chi connectivity index (χ0v) is 23.3. The third kappa shape index (κ3) is 6.50. The monoisotopic (exact) mass is 514 g/mol. The third-order valence-corrected chi connectivity index (χ3v) is 6.80. The number of nitrogens with zero attached hydrogens (tertiary/aromatic N) is 1. The van der Waals surface area contributed by atoms with E-state index < -0.39 is 24.3 Å². The van der Waals surface area contributed by atoms with Crippen molar-refractivity contribution in [2.45, 2.75) is 44.8 Å². The van der Waals surface area contributed by atoms with Crippen LogP contribution in [0.2, 0.25) is 0 Å². The minimum atomic E-state index is -0.712. The standard InChI is InChI=1S/C27H39BN2O7/c1-26(2)27(3,4)37-28(36-26)24(18-10-12-20(13-11-18)35-15-14-30(5)6)29-25(31)19-16-21(32-7)23(34-9)22(17-19)33-8/h10-13,16-17,24H,14-15H2,1-9H3,(H,29,31)/t24-/m1/s1. The quantitative estimate of drug-likeness (QED) is 0.454. The Morgan fingerprint density at radius 1 is 0.946 bits per heavy atom. The van der Waals surface area contributed by atoms with E-state index in [1.165, 1.54) is 21.3 Å². The van der Waals surface area contributed by atoms with Crippen molar-refractivity contribution in [3.05, 3.63) is 47.5 Å². The summed E-state index contributed by atoms with van der Waals surface area (Å²) in [7, 11) is 7.82. The lowest BCUT2D eigenvalue weighted by Gasteiger charge is -2.32. The van der Waals surface area contributed by atoms with E-state index in [9.17, 15) is 4.79 Å². The number of hydrogen-bond acceptors (Lipinski definition) is 8. The van der Waals surface area contributed by atoms with Gasteiger partial charge in [-0.2, -0.15) is 0 Å². The summed E-state index contributed by atoms with van der Waals surface area (Å²) < 4.78 is 34.7. The second kappa shape index (κ2) is 11.6. The average molecular weight is 514 g/mol. The van der Waals surface area contributed by atoms with Crippen LogP contribution in [0.4, 0.5) is 0 Å². The smallest absolute Gasteiger partial charge is 0.486 e. The van der Waals surface area contributed by atoms with Crippen LogP contribution in [-0.2, 0) is 9.31 Å². The molecule has 2 aromatic rings. The van der Waals surface area contributed by atoms with Gasteiger partial charge in [0, 0.05) is 12.1 Å². The van der Waals surface area contributed by atoms with Crippen LogP contribution in [0, 0.1) is 0 Å². The maximum Gasteiger partial charge on any atom is 0.486 e. The summed E-state index contributed by atoms with van der Waals surface area (Å²) in [5.74, 6) is 0.994. The van der Waals surface area contributed by atoms with Crippen LogP contribution in [0.5, 0.6) is 23.0 Å². The summed E-state index contributed by atoms with van der Waals surface area (Å²) in [5.41, 5.74) is 0.0316. The number of likely N-dealkylation sites (N-methyl/N-ethyl adjacent to an activating group) is 1. The van der Waals surface area contributed by atoms with Crippen molar-refractivity contribution in [3.8, 4) is 23.0 Å². The largest absolute Gasteiger partial charge is 0.493 e. The van der Waals surface area contributed by atoms with Gasteiger partial charge in [0.2, 0.25) is 5.75 Å². The Morgan fingerprint density at radius 3 is 1.95 bits per heavy atom. The summed E-state index contributed by atoms with van der Waals surface area (Å²) in [6.07, 6.45) is 0. The molecule has 0 bridgehead atoms. The minimum absolute atomic E-state index is 0.342. The molecule has 1 amide bonds. The van der Waals surface area contributed by atoms with Crippen molar-refractivity contribution in [1.82, 2.24) is 10.2 Å². The van der Waals surface area contributed by atoms with E-state index in [4.69, 9.17) is 28.3 Å². The van der Waals surface area contributed by atoms with E-state index in [1.807, 2.05) is 66.1 Å². The Balaban J connectivity index is 1.91. The molecule has 1 heterocycles. The maximum atomic E-state index is 13.5. The summed E-state index contributed by atoms with van der Waals surface area (Å²) in [6, 6.07) is 10.8. The Labute approximate surface area is 220 Å². The van der Waals surface area contributed by atoms with E-state index in [0.717, 1.165) is 17.9 Å². The van der Waals surface area contributed by atoms with E-state index >= 15 is 0 Å². The fourth-order valence-electron chi connectivity index (χ4n) is 3.89. The molecule has 0 unspecified atom stereocenters. The molecule has 0 aromatic heterocycles. The maximum absolute atomic E-state index is 13.5. The Hall–Kier alpha value is -2.95. The van der Waals surface area contributed by atoms with Gasteiger partial charge in [0.15, 0.2) is 11.5 Å². The first-order chi connectivity index (χ1) is 17.4. The highest BCUT2D eigenvalue weighted by Crippen LogP contribution is 2.41. The van der Waals surface area contributed by atoms with Crippen LogP contribution < -0.4 is 24.3 Å². The highest BCUT2D eigenvalue weighted by molar-refractivity contribution is 6.48. The fourth-order valence-corrected chi connectivity index (χ4v) is 3.89. The molecule has 0 aliphatic carbocycles. The van der Waals surface area contributed by atoms with Crippen molar-refractivity contribution in [2.24, 2.45) is 0 Å². The molecular weight excluding hydrogens is 475 g/mol. The van der Waals surface area contributed by atoms with Crippen molar-refractivity contribution in [1.29, 1.82) is 0 Å². The lowest BCUT2D eigenvalue weighted by atomic mass is 9.74. The second-order valence-electron chi connectivity index (χ2n) is 10.2. The SMILES string of the molecule is COc1cc(C(=O)N[C@@H](B2OC(C)(C)C(C)(C)O2)c2ccc(OCCN(C)C)cc2)cc(OC)c1OC. The van der Waals surface area contributed by atoms with Crippen LogP contribution in [0.15, 0.2) is 36.4 Å². The van der Waals surface area contributed by atoms with Gasteiger partial charge in [0.25, 0.3) is 5.91 Å². The minimum Gasteiger partial charge on any atom is -0.493 e. The third-order valence-electron chi connectivity index (χ3n) is 6.80. The Bertz CT molecular complexity index is 1030. The first kappa shape index (κ1) is 28.6. The van der Waals surface area contributed by atoms with Gasteiger partial charge in [-0.3, -0.25) is 4.79 Å². The number of amides is 1. The first-order valence-corrected chi connectivity index (χ1v) is 12.3. The van der Waals surface area contributed by atoms with Gasteiger partial charge >= 0.3 is 7.12 Å². The Morgan fingerprint density at radius 2 is 1.49 bits per heavy atom. The molecule has 1 aliphatic rings. The molecule has 9 nitrogen and oxygen atoms in total. The van der Waals surface area contributed by atoms with Crippen LogP contribution in [0.25, 0.3) is 0 Å². The number of ether oxygens (including phenoxy) is 4. The molecule has 10 heteroatoms.